The highest BCUT2D eigenvalue weighted by atomic mass is 19.4. The Labute approximate surface area is 173 Å². The lowest BCUT2D eigenvalue weighted by Crippen LogP contribution is -2.30. The molecule has 2 rings (SSSR count). The summed E-state index contributed by atoms with van der Waals surface area (Å²) in [6.07, 6.45) is -19.1. The lowest BCUT2D eigenvalue weighted by Gasteiger charge is -2.24. The van der Waals surface area contributed by atoms with Crippen molar-refractivity contribution in [2.75, 3.05) is 0 Å². The molecule has 2 atom stereocenters. The molecule has 0 saturated heterocycles. The van der Waals surface area contributed by atoms with Gasteiger partial charge in [-0.2, -0.15) is 26.3 Å². The van der Waals surface area contributed by atoms with E-state index >= 15 is 0 Å². The van der Waals surface area contributed by atoms with Crippen molar-refractivity contribution in [1.82, 2.24) is 0 Å². The molecule has 0 spiro atoms. The van der Waals surface area contributed by atoms with E-state index in [1.807, 2.05) is 0 Å². The zero-order valence-electron chi connectivity index (χ0n) is 15.3. The van der Waals surface area contributed by atoms with Gasteiger partial charge in [-0.05, 0) is 24.3 Å². The van der Waals surface area contributed by atoms with Gasteiger partial charge in [-0.25, -0.2) is 4.79 Å². The third kappa shape index (κ3) is 6.05. The number of nitro groups is 2. The van der Waals surface area contributed by atoms with Crippen LogP contribution in [0.3, 0.4) is 0 Å². The Bertz CT molecular complexity index is 911. The van der Waals surface area contributed by atoms with Gasteiger partial charge in [-0.15, -0.1) is 0 Å². The third-order valence-electron chi connectivity index (χ3n) is 3.84. The van der Waals surface area contributed by atoms with Gasteiger partial charge in [-0.1, -0.05) is 0 Å². The quantitative estimate of drug-likeness (QED) is 0.235. The normalized spacial score (nSPS) is 13.7. The van der Waals surface area contributed by atoms with Crippen LogP contribution in [0.2, 0.25) is 0 Å². The predicted molar refractivity (Wildman–Crippen MR) is 91.4 cm³/mol. The number of ether oxygens (including phenoxy) is 2. The van der Waals surface area contributed by atoms with Gasteiger partial charge < -0.3 is 9.47 Å². The summed E-state index contributed by atoms with van der Waals surface area (Å²) in [7, 11) is 0. The van der Waals surface area contributed by atoms with Crippen LogP contribution in [0, 0.1) is 20.2 Å². The predicted octanol–water partition coefficient (Wildman–Crippen LogP) is 5.56. The number of benzene rings is 2. The Balaban J connectivity index is 2.27. The maximum Gasteiger partial charge on any atom is 0.510 e. The van der Waals surface area contributed by atoms with Crippen LogP contribution in [0.25, 0.3) is 0 Å². The van der Waals surface area contributed by atoms with E-state index in [4.69, 9.17) is 0 Å². The van der Waals surface area contributed by atoms with Crippen LogP contribution in [0.1, 0.15) is 23.3 Å². The molecule has 0 fully saturated rings. The summed E-state index contributed by atoms with van der Waals surface area (Å²) >= 11 is 0. The summed E-state index contributed by atoms with van der Waals surface area (Å²) in [6.45, 7) is 0. The molecule has 0 aliphatic heterocycles. The molecule has 2 aromatic carbocycles. The number of non-ortho nitro benzene ring substituents is 2. The van der Waals surface area contributed by atoms with Crippen molar-refractivity contribution in [2.24, 2.45) is 0 Å². The highest BCUT2D eigenvalue weighted by molar-refractivity contribution is 5.61. The van der Waals surface area contributed by atoms with E-state index in [1.54, 1.807) is 0 Å². The van der Waals surface area contributed by atoms with Gasteiger partial charge in [0.2, 0.25) is 12.2 Å². The number of hydrogen-bond acceptors (Lipinski definition) is 7. The molecule has 15 heteroatoms. The van der Waals surface area contributed by atoms with Gasteiger partial charge in [0.15, 0.2) is 0 Å². The van der Waals surface area contributed by atoms with Gasteiger partial charge in [0.1, 0.15) is 0 Å². The second-order valence-electron chi connectivity index (χ2n) is 6.03. The molecule has 0 aliphatic carbocycles. The van der Waals surface area contributed by atoms with Crippen molar-refractivity contribution in [1.29, 1.82) is 0 Å². The van der Waals surface area contributed by atoms with Crippen LogP contribution in [0.5, 0.6) is 0 Å². The van der Waals surface area contributed by atoms with Crippen molar-refractivity contribution in [3.05, 3.63) is 79.9 Å². The average Bonchev–Trinajstić information content (AvgIpc) is 2.68. The van der Waals surface area contributed by atoms with Crippen molar-refractivity contribution >= 4 is 17.5 Å². The standard InChI is InChI=1S/C17H10F6N2O7/c18-16(19,20)13(9-1-5-11(6-2-9)24(27)28)31-15(26)32-14(17(21,22)23)10-3-7-12(8-4-10)25(29)30/h1-8,13-14H. The summed E-state index contributed by atoms with van der Waals surface area (Å²) in [5, 5.41) is 21.2. The Kier molecular flexibility index (Phi) is 6.90. The highest BCUT2D eigenvalue weighted by Gasteiger charge is 2.48. The lowest BCUT2D eigenvalue weighted by atomic mass is 10.1. The van der Waals surface area contributed by atoms with Crippen LogP contribution in [0.15, 0.2) is 48.5 Å². The number of halogens is 6. The molecule has 0 N–H and O–H groups in total. The van der Waals surface area contributed by atoms with Crippen molar-refractivity contribution in [2.45, 2.75) is 24.6 Å². The third-order valence-corrected chi connectivity index (χ3v) is 3.84. The van der Waals surface area contributed by atoms with Gasteiger partial charge in [0.25, 0.3) is 11.4 Å². The SMILES string of the molecule is O=C(OC(c1ccc([N+](=O)[O-])cc1)C(F)(F)F)OC(c1ccc([N+](=O)[O-])cc1)C(F)(F)F. The fourth-order valence-corrected chi connectivity index (χ4v) is 2.41. The molecule has 172 valence electrons. The molecule has 0 radical (unpaired) electrons. The number of nitrogens with zero attached hydrogens (tertiary/aromatic N) is 2. The van der Waals surface area contributed by atoms with E-state index in [-0.39, 0.29) is 0 Å². The van der Waals surface area contributed by atoms with E-state index in [0.717, 1.165) is 0 Å². The minimum atomic E-state index is -5.30. The summed E-state index contributed by atoms with van der Waals surface area (Å²) in [5.74, 6) is 0. The Hall–Kier alpha value is -3.91. The second kappa shape index (κ2) is 9.07. The van der Waals surface area contributed by atoms with Crippen molar-refractivity contribution < 1.29 is 50.5 Å². The number of nitro benzene ring substituents is 2. The Morgan fingerprint density at radius 3 is 1.19 bits per heavy atom. The molecule has 2 aromatic rings. The van der Waals surface area contributed by atoms with E-state index in [0.29, 0.717) is 48.5 Å². The largest absolute Gasteiger partial charge is 0.510 e. The molecular weight excluding hydrogens is 458 g/mol. The summed E-state index contributed by atoms with van der Waals surface area (Å²) < 4.78 is 87.8. The number of alkyl halides is 6. The molecule has 0 amide bonds. The van der Waals surface area contributed by atoms with Crippen LogP contribution < -0.4 is 0 Å². The summed E-state index contributed by atoms with van der Waals surface area (Å²) in [4.78, 5) is 31.2. The second-order valence-corrected chi connectivity index (χ2v) is 6.03. The first-order valence-corrected chi connectivity index (χ1v) is 8.19. The van der Waals surface area contributed by atoms with Crippen molar-refractivity contribution in [3.8, 4) is 0 Å². The molecule has 32 heavy (non-hydrogen) atoms. The van der Waals surface area contributed by atoms with Gasteiger partial charge in [0.05, 0.1) is 9.85 Å². The van der Waals surface area contributed by atoms with Gasteiger partial charge in [0, 0.05) is 35.4 Å². The molecule has 0 bridgehead atoms. The number of carbonyl (C=O) groups excluding carboxylic acids is 1. The molecule has 0 heterocycles. The fourth-order valence-electron chi connectivity index (χ4n) is 2.41. The van der Waals surface area contributed by atoms with Crippen LogP contribution >= 0.6 is 0 Å². The van der Waals surface area contributed by atoms with E-state index < -0.39 is 63.1 Å². The van der Waals surface area contributed by atoms with Gasteiger partial charge >= 0.3 is 18.5 Å². The van der Waals surface area contributed by atoms with Crippen LogP contribution in [-0.4, -0.2) is 28.4 Å². The molecule has 0 saturated carbocycles. The van der Waals surface area contributed by atoms with Crippen LogP contribution in [0.4, 0.5) is 42.5 Å². The van der Waals surface area contributed by atoms with E-state index in [1.165, 1.54) is 0 Å². The zero-order chi connectivity index (χ0) is 24.3. The maximum atomic E-state index is 13.3. The fraction of sp³-hybridized carbons (Fsp3) is 0.235. The maximum absolute atomic E-state index is 13.3. The Morgan fingerprint density at radius 2 is 0.969 bits per heavy atom. The first-order chi connectivity index (χ1) is 14.7. The number of hydrogen-bond donors (Lipinski definition) is 0. The summed E-state index contributed by atoms with van der Waals surface area (Å²) in [6, 6.07) is 5.16. The lowest BCUT2D eigenvalue weighted by molar-refractivity contribution is -0.385. The monoisotopic (exact) mass is 468 g/mol. The Morgan fingerprint density at radius 1 is 0.688 bits per heavy atom. The van der Waals surface area contributed by atoms with E-state index in [2.05, 4.69) is 9.47 Å². The van der Waals surface area contributed by atoms with Crippen LogP contribution in [-0.2, 0) is 9.47 Å². The minimum absolute atomic E-state index is 0.576. The smallest absolute Gasteiger partial charge is 0.416 e. The topological polar surface area (TPSA) is 122 Å². The molecule has 2 unspecified atom stereocenters. The zero-order valence-corrected chi connectivity index (χ0v) is 15.3. The molecule has 9 nitrogen and oxygen atoms in total. The molecule has 0 aliphatic rings. The molecule has 0 aromatic heterocycles. The average molecular weight is 468 g/mol. The first kappa shape index (κ1) is 24.4. The van der Waals surface area contributed by atoms with Gasteiger partial charge in [-0.3, -0.25) is 20.2 Å². The first-order valence-electron chi connectivity index (χ1n) is 8.19. The highest BCUT2D eigenvalue weighted by Crippen LogP contribution is 2.40. The molecular formula is C17H10F6N2O7. The van der Waals surface area contributed by atoms with E-state index in [9.17, 15) is 51.4 Å². The minimum Gasteiger partial charge on any atom is -0.416 e. The summed E-state index contributed by atoms with van der Waals surface area (Å²) in [5.41, 5.74) is -2.77. The number of carbonyl (C=O) groups is 1. The van der Waals surface area contributed by atoms with Crippen molar-refractivity contribution in [3.63, 3.8) is 0 Å². The number of rotatable bonds is 6.